The number of ether oxygens (including phenoxy) is 2. The van der Waals surface area contributed by atoms with E-state index in [0.29, 0.717) is 6.54 Å². The zero-order valence-electron chi connectivity index (χ0n) is 20.1. The first-order valence-corrected chi connectivity index (χ1v) is 14.0. The molecular formula is C26H30N4O4S. The number of aromatic nitrogens is 3. The molecule has 3 aliphatic carbocycles. The standard InChI is InChI=1S/C26H30N4O4S/c1-17-4-3-5-19(28-17)23-22(18-6-7-20-21(14-18)34-16-33-20)29-24(30-23)26-11-8-25(9-12-26,10-13-26)15-27-35(2,31)32/h3-7,14,27H,8-13,15-16H2,1-2H3,(H,29,30). The Morgan fingerprint density at radius 3 is 2.46 bits per heavy atom. The molecule has 0 saturated heterocycles. The van der Waals surface area contributed by atoms with E-state index in [1.54, 1.807) is 0 Å². The molecule has 2 bridgehead atoms. The molecule has 4 aliphatic rings. The predicted octanol–water partition coefficient (Wildman–Crippen LogP) is 4.32. The zero-order valence-corrected chi connectivity index (χ0v) is 20.9. The molecule has 3 saturated carbocycles. The summed E-state index contributed by atoms with van der Waals surface area (Å²) in [6, 6.07) is 12.0. The molecule has 1 aromatic carbocycles. The van der Waals surface area contributed by atoms with Crippen molar-refractivity contribution in [2.75, 3.05) is 19.6 Å². The summed E-state index contributed by atoms with van der Waals surface area (Å²) in [7, 11) is -3.19. The number of nitrogens with zero attached hydrogens (tertiary/aromatic N) is 2. The molecule has 2 aromatic heterocycles. The molecule has 7 rings (SSSR count). The van der Waals surface area contributed by atoms with E-state index < -0.39 is 10.0 Å². The first-order chi connectivity index (χ1) is 16.7. The van der Waals surface area contributed by atoms with Crippen molar-refractivity contribution in [3.8, 4) is 34.1 Å². The van der Waals surface area contributed by atoms with Crippen LogP contribution in [0, 0.1) is 12.3 Å². The van der Waals surface area contributed by atoms with Crippen LogP contribution in [0.5, 0.6) is 11.5 Å². The van der Waals surface area contributed by atoms with Crippen LogP contribution in [0.25, 0.3) is 22.6 Å². The van der Waals surface area contributed by atoms with E-state index in [9.17, 15) is 8.42 Å². The number of rotatable bonds is 6. The second kappa shape index (κ2) is 8.06. The molecule has 184 valence electrons. The fourth-order valence-corrected chi connectivity index (χ4v) is 6.48. The Morgan fingerprint density at radius 1 is 1.00 bits per heavy atom. The first kappa shape index (κ1) is 22.5. The Bertz CT molecular complexity index is 1370. The number of aryl methyl sites for hydroxylation is 1. The minimum Gasteiger partial charge on any atom is -0.454 e. The maximum absolute atomic E-state index is 11.7. The fourth-order valence-electron chi connectivity index (χ4n) is 5.91. The number of hydrogen-bond donors (Lipinski definition) is 2. The second-order valence-electron chi connectivity index (χ2n) is 10.4. The van der Waals surface area contributed by atoms with Crippen LogP contribution in [0.1, 0.15) is 50.0 Å². The number of benzene rings is 1. The third kappa shape index (κ3) is 4.10. The highest BCUT2D eigenvalue weighted by Crippen LogP contribution is 2.57. The summed E-state index contributed by atoms with van der Waals surface area (Å²) in [5.41, 5.74) is 4.59. The van der Waals surface area contributed by atoms with Gasteiger partial charge in [-0.2, -0.15) is 0 Å². The number of hydrogen-bond acceptors (Lipinski definition) is 6. The Labute approximate surface area is 205 Å². The quantitative estimate of drug-likeness (QED) is 0.529. The van der Waals surface area contributed by atoms with Crippen molar-refractivity contribution in [1.29, 1.82) is 0 Å². The molecule has 0 radical (unpaired) electrons. The summed E-state index contributed by atoms with van der Waals surface area (Å²) in [5, 5.41) is 0. The highest BCUT2D eigenvalue weighted by atomic mass is 32.2. The van der Waals surface area contributed by atoms with Crippen molar-refractivity contribution in [3.05, 3.63) is 47.9 Å². The van der Waals surface area contributed by atoms with Crippen LogP contribution in [0.15, 0.2) is 36.4 Å². The van der Waals surface area contributed by atoms with Crippen LogP contribution in [0.2, 0.25) is 0 Å². The molecule has 3 fully saturated rings. The summed E-state index contributed by atoms with van der Waals surface area (Å²) in [6.45, 7) is 2.75. The van der Waals surface area contributed by atoms with Gasteiger partial charge in [0.2, 0.25) is 16.8 Å². The van der Waals surface area contributed by atoms with E-state index in [-0.39, 0.29) is 17.6 Å². The molecule has 1 aliphatic heterocycles. The second-order valence-corrected chi connectivity index (χ2v) is 12.2. The number of aromatic amines is 1. The number of fused-ring (bicyclic) bond motifs is 4. The Morgan fingerprint density at radius 2 is 1.74 bits per heavy atom. The lowest BCUT2D eigenvalue weighted by molar-refractivity contribution is 0.0401. The molecule has 0 amide bonds. The van der Waals surface area contributed by atoms with Crippen LogP contribution in [-0.4, -0.2) is 43.0 Å². The molecule has 0 spiro atoms. The van der Waals surface area contributed by atoms with Gasteiger partial charge in [0.1, 0.15) is 5.82 Å². The number of nitrogens with one attached hydrogen (secondary N) is 2. The van der Waals surface area contributed by atoms with Gasteiger partial charge in [-0.15, -0.1) is 0 Å². The predicted molar refractivity (Wildman–Crippen MR) is 133 cm³/mol. The van der Waals surface area contributed by atoms with Gasteiger partial charge in [-0.3, -0.25) is 4.98 Å². The lowest BCUT2D eigenvalue weighted by atomic mass is 9.53. The molecule has 2 N–H and O–H groups in total. The first-order valence-electron chi connectivity index (χ1n) is 12.1. The number of H-pyrrole nitrogens is 1. The molecule has 35 heavy (non-hydrogen) atoms. The number of imidazole rings is 1. The Kier molecular flexibility index (Phi) is 5.19. The zero-order chi connectivity index (χ0) is 24.3. The SMILES string of the molecule is Cc1cccc(-c2[nH]c(C34CCC(CNS(C)(=O)=O)(CC3)CC4)nc2-c2ccc3c(c2)OCO3)n1. The van der Waals surface area contributed by atoms with E-state index in [1.165, 1.54) is 6.26 Å². The van der Waals surface area contributed by atoms with E-state index in [4.69, 9.17) is 19.4 Å². The van der Waals surface area contributed by atoms with Crippen LogP contribution < -0.4 is 14.2 Å². The molecule has 3 aromatic rings. The van der Waals surface area contributed by atoms with Crippen molar-refractivity contribution in [2.45, 2.75) is 50.9 Å². The van der Waals surface area contributed by atoms with Crippen molar-refractivity contribution in [2.24, 2.45) is 5.41 Å². The number of sulfonamides is 1. The average molecular weight is 495 g/mol. The lowest BCUT2D eigenvalue weighted by Gasteiger charge is -2.52. The van der Waals surface area contributed by atoms with E-state index in [0.717, 1.165) is 84.2 Å². The summed E-state index contributed by atoms with van der Waals surface area (Å²) in [5.74, 6) is 2.48. The van der Waals surface area contributed by atoms with Gasteiger partial charge in [-0.1, -0.05) is 6.07 Å². The van der Waals surface area contributed by atoms with Crippen molar-refractivity contribution in [1.82, 2.24) is 19.7 Å². The molecule has 0 atom stereocenters. The average Bonchev–Trinajstić information content (AvgIpc) is 3.51. The molecule has 3 heterocycles. The van der Waals surface area contributed by atoms with Gasteiger partial charge in [-0.05, 0) is 81.2 Å². The fraction of sp³-hybridized carbons (Fsp3) is 0.462. The van der Waals surface area contributed by atoms with Gasteiger partial charge in [0.15, 0.2) is 11.5 Å². The topological polar surface area (TPSA) is 106 Å². The van der Waals surface area contributed by atoms with Gasteiger partial charge in [0.05, 0.1) is 23.3 Å². The number of pyridine rings is 1. The normalized spacial score (nSPS) is 25.2. The lowest BCUT2D eigenvalue weighted by Crippen LogP contribution is -2.49. The van der Waals surface area contributed by atoms with Crippen LogP contribution in [0.3, 0.4) is 0 Å². The highest BCUT2D eigenvalue weighted by molar-refractivity contribution is 7.88. The van der Waals surface area contributed by atoms with Gasteiger partial charge >= 0.3 is 0 Å². The highest BCUT2D eigenvalue weighted by Gasteiger charge is 2.51. The smallest absolute Gasteiger partial charge is 0.231 e. The molecule has 8 nitrogen and oxygen atoms in total. The minimum absolute atomic E-state index is 0.0278. The van der Waals surface area contributed by atoms with E-state index in [1.807, 2.05) is 43.3 Å². The van der Waals surface area contributed by atoms with E-state index >= 15 is 0 Å². The van der Waals surface area contributed by atoms with Gasteiger partial charge in [-0.25, -0.2) is 18.1 Å². The summed E-state index contributed by atoms with van der Waals surface area (Å²) in [4.78, 5) is 13.7. The van der Waals surface area contributed by atoms with Crippen molar-refractivity contribution in [3.63, 3.8) is 0 Å². The van der Waals surface area contributed by atoms with Gasteiger partial charge in [0.25, 0.3) is 0 Å². The minimum atomic E-state index is -3.19. The Balaban J connectivity index is 1.37. The monoisotopic (exact) mass is 494 g/mol. The summed E-state index contributed by atoms with van der Waals surface area (Å²) < 4.78 is 37.3. The summed E-state index contributed by atoms with van der Waals surface area (Å²) in [6.07, 6.45) is 7.20. The van der Waals surface area contributed by atoms with Crippen LogP contribution in [0.4, 0.5) is 0 Å². The van der Waals surface area contributed by atoms with Crippen molar-refractivity contribution < 1.29 is 17.9 Å². The van der Waals surface area contributed by atoms with Crippen molar-refractivity contribution >= 4 is 10.0 Å². The van der Waals surface area contributed by atoms with Crippen LogP contribution >= 0.6 is 0 Å². The third-order valence-electron chi connectivity index (χ3n) is 8.11. The maximum atomic E-state index is 11.7. The molecule has 0 unspecified atom stereocenters. The third-order valence-corrected chi connectivity index (χ3v) is 8.78. The largest absolute Gasteiger partial charge is 0.454 e. The molecule has 9 heteroatoms. The summed E-state index contributed by atoms with van der Waals surface area (Å²) >= 11 is 0. The van der Waals surface area contributed by atoms with Crippen LogP contribution in [-0.2, 0) is 15.4 Å². The Hall–Kier alpha value is -2.91. The maximum Gasteiger partial charge on any atom is 0.231 e. The van der Waals surface area contributed by atoms with Gasteiger partial charge in [0, 0.05) is 23.2 Å². The molecular weight excluding hydrogens is 464 g/mol. The van der Waals surface area contributed by atoms with E-state index in [2.05, 4.69) is 9.71 Å². The van der Waals surface area contributed by atoms with Gasteiger partial charge < -0.3 is 14.5 Å².